The first-order chi connectivity index (χ1) is 10.3. The SMILES string of the molecule is O=C(Nc1ccccc1)C1CN(Cc2ccc[nH]2)CCS1. The van der Waals surface area contributed by atoms with Crippen LogP contribution in [0.3, 0.4) is 0 Å². The Labute approximate surface area is 128 Å². The molecular formula is C16H19N3OS. The number of nitrogens with zero attached hydrogens (tertiary/aromatic N) is 1. The van der Waals surface area contributed by atoms with Gasteiger partial charge in [0.2, 0.25) is 5.91 Å². The molecule has 21 heavy (non-hydrogen) atoms. The van der Waals surface area contributed by atoms with Gasteiger partial charge in [-0.1, -0.05) is 18.2 Å². The number of aromatic nitrogens is 1. The van der Waals surface area contributed by atoms with Crippen molar-refractivity contribution in [3.63, 3.8) is 0 Å². The molecule has 0 radical (unpaired) electrons. The highest BCUT2D eigenvalue weighted by Gasteiger charge is 2.26. The summed E-state index contributed by atoms with van der Waals surface area (Å²) in [5, 5.41) is 2.99. The lowest BCUT2D eigenvalue weighted by atomic mass is 10.2. The van der Waals surface area contributed by atoms with E-state index in [-0.39, 0.29) is 11.2 Å². The Balaban J connectivity index is 1.56. The maximum absolute atomic E-state index is 12.3. The number of benzene rings is 1. The summed E-state index contributed by atoms with van der Waals surface area (Å²) in [5.41, 5.74) is 2.06. The van der Waals surface area contributed by atoms with Crippen LogP contribution in [0.4, 0.5) is 5.69 Å². The quantitative estimate of drug-likeness (QED) is 0.912. The Morgan fingerprint density at radius 1 is 1.29 bits per heavy atom. The summed E-state index contributed by atoms with van der Waals surface area (Å²) in [6.07, 6.45) is 1.94. The number of thioether (sulfide) groups is 1. The minimum Gasteiger partial charge on any atom is -0.364 e. The second kappa shape index (κ2) is 6.83. The average molecular weight is 301 g/mol. The van der Waals surface area contributed by atoms with Crippen LogP contribution in [-0.2, 0) is 11.3 Å². The number of carbonyl (C=O) groups excluding carboxylic acids is 1. The highest BCUT2D eigenvalue weighted by molar-refractivity contribution is 8.00. The number of nitrogens with one attached hydrogen (secondary N) is 2. The molecule has 2 N–H and O–H groups in total. The number of para-hydroxylation sites is 1. The first kappa shape index (κ1) is 14.2. The molecule has 2 heterocycles. The smallest absolute Gasteiger partial charge is 0.238 e. The topological polar surface area (TPSA) is 48.1 Å². The lowest BCUT2D eigenvalue weighted by Crippen LogP contribution is -2.43. The predicted molar refractivity (Wildman–Crippen MR) is 87.4 cm³/mol. The van der Waals surface area contributed by atoms with Crippen LogP contribution in [0.5, 0.6) is 0 Å². The van der Waals surface area contributed by atoms with Gasteiger partial charge in [-0.3, -0.25) is 9.69 Å². The molecule has 0 saturated carbocycles. The Hall–Kier alpha value is -1.72. The predicted octanol–water partition coefficient (Wildman–Crippen LogP) is 2.57. The Kier molecular flexibility index (Phi) is 4.62. The van der Waals surface area contributed by atoms with Crippen molar-refractivity contribution >= 4 is 23.4 Å². The van der Waals surface area contributed by atoms with Crippen LogP contribution in [0.2, 0.25) is 0 Å². The monoisotopic (exact) mass is 301 g/mol. The van der Waals surface area contributed by atoms with Crippen molar-refractivity contribution in [2.24, 2.45) is 0 Å². The highest BCUT2D eigenvalue weighted by atomic mass is 32.2. The number of carbonyl (C=O) groups is 1. The van der Waals surface area contributed by atoms with Gasteiger partial charge in [0.1, 0.15) is 0 Å². The van der Waals surface area contributed by atoms with Gasteiger partial charge in [0.05, 0.1) is 5.25 Å². The van der Waals surface area contributed by atoms with Crippen LogP contribution in [0.15, 0.2) is 48.7 Å². The minimum atomic E-state index is -0.00563. The highest BCUT2D eigenvalue weighted by Crippen LogP contribution is 2.21. The molecule has 0 bridgehead atoms. The van der Waals surface area contributed by atoms with Crippen molar-refractivity contribution in [3.8, 4) is 0 Å². The summed E-state index contributed by atoms with van der Waals surface area (Å²) < 4.78 is 0. The van der Waals surface area contributed by atoms with Crippen LogP contribution >= 0.6 is 11.8 Å². The zero-order valence-electron chi connectivity index (χ0n) is 11.8. The van der Waals surface area contributed by atoms with Gasteiger partial charge in [-0.15, -0.1) is 11.8 Å². The first-order valence-electron chi connectivity index (χ1n) is 7.13. The lowest BCUT2D eigenvalue weighted by Gasteiger charge is -2.31. The largest absolute Gasteiger partial charge is 0.364 e. The molecule has 3 rings (SSSR count). The Bertz CT molecular complexity index is 570. The number of hydrogen-bond donors (Lipinski definition) is 2. The van der Waals surface area contributed by atoms with E-state index in [0.717, 1.165) is 31.1 Å². The fourth-order valence-electron chi connectivity index (χ4n) is 2.46. The fraction of sp³-hybridized carbons (Fsp3) is 0.312. The molecule has 0 spiro atoms. The van der Waals surface area contributed by atoms with Crippen LogP contribution in [0.25, 0.3) is 0 Å². The minimum absolute atomic E-state index is 0.00563. The molecule has 2 aromatic rings. The average Bonchev–Trinajstić information content (AvgIpc) is 3.01. The Morgan fingerprint density at radius 2 is 2.14 bits per heavy atom. The van der Waals surface area contributed by atoms with E-state index < -0.39 is 0 Å². The van der Waals surface area contributed by atoms with Crippen molar-refractivity contribution in [2.45, 2.75) is 11.8 Å². The zero-order valence-corrected chi connectivity index (χ0v) is 12.6. The van der Waals surface area contributed by atoms with Crippen molar-refractivity contribution in [2.75, 3.05) is 24.2 Å². The van der Waals surface area contributed by atoms with Crippen molar-refractivity contribution in [3.05, 3.63) is 54.4 Å². The van der Waals surface area contributed by atoms with Gasteiger partial charge < -0.3 is 10.3 Å². The van der Waals surface area contributed by atoms with E-state index in [9.17, 15) is 4.79 Å². The second-order valence-corrected chi connectivity index (χ2v) is 6.46. The second-order valence-electron chi connectivity index (χ2n) is 5.15. The third kappa shape index (κ3) is 3.89. The van der Waals surface area contributed by atoms with Crippen molar-refractivity contribution in [1.29, 1.82) is 0 Å². The van der Waals surface area contributed by atoms with Gasteiger partial charge in [0, 0.05) is 43.0 Å². The number of amides is 1. The van der Waals surface area contributed by atoms with Crippen molar-refractivity contribution in [1.82, 2.24) is 9.88 Å². The third-order valence-electron chi connectivity index (χ3n) is 3.54. The number of rotatable bonds is 4. The number of hydrogen-bond acceptors (Lipinski definition) is 3. The molecule has 110 valence electrons. The van der Waals surface area contributed by atoms with Crippen LogP contribution in [0, 0.1) is 0 Å². The normalized spacial score (nSPS) is 19.3. The standard InChI is InChI=1S/C16H19N3OS/c20-16(18-13-5-2-1-3-6-13)15-12-19(9-10-21-15)11-14-7-4-8-17-14/h1-8,15,17H,9-12H2,(H,18,20). The zero-order chi connectivity index (χ0) is 14.5. The summed E-state index contributed by atoms with van der Waals surface area (Å²) in [7, 11) is 0. The summed E-state index contributed by atoms with van der Waals surface area (Å²) in [5.74, 6) is 1.09. The van der Waals surface area contributed by atoms with Gasteiger partial charge >= 0.3 is 0 Å². The van der Waals surface area contributed by atoms with E-state index in [1.54, 1.807) is 11.8 Å². The molecule has 1 atom stereocenters. The molecule has 5 heteroatoms. The van der Waals surface area contributed by atoms with Gasteiger partial charge in [-0.05, 0) is 24.3 Å². The maximum Gasteiger partial charge on any atom is 0.238 e. The van der Waals surface area contributed by atoms with Crippen molar-refractivity contribution < 1.29 is 4.79 Å². The Morgan fingerprint density at radius 3 is 2.90 bits per heavy atom. The summed E-state index contributed by atoms with van der Waals surface area (Å²) in [6.45, 7) is 2.70. The number of anilines is 1. The molecule has 1 aromatic carbocycles. The molecule has 1 aliphatic heterocycles. The van der Waals surface area contributed by atoms with Crippen LogP contribution in [0.1, 0.15) is 5.69 Å². The van der Waals surface area contributed by atoms with E-state index in [0.29, 0.717) is 0 Å². The first-order valence-corrected chi connectivity index (χ1v) is 8.18. The number of H-pyrrole nitrogens is 1. The third-order valence-corrected chi connectivity index (χ3v) is 4.72. The molecular weight excluding hydrogens is 282 g/mol. The molecule has 1 aliphatic rings. The molecule has 4 nitrogen and oxygen atoms in total. The van der Waals surface area contributed by atoms with Gasteiger partial charge in [0.15, 0.2) is 0 Å². The fourth-order valence-corrected chi connectivity index (χ4v) is 3.63. The molecule has 1 aromatic heterocycles. The van der Waals surface area contributed by atoms with Crippen LogP contribution < -0.4 is 5.32 Å². The summed E-state index contributed by atoms with van der Waals surface area (Å²) in [6, 6.07) is 13.7. The van der Waals surface area contributed by atoms with Gasteiger partial charge in [-0.2, -0.15) is 0 Å². The molecule has 1 unspecified atom stereocenters. The molecule has 0 aliphatic carbocycles. The summed E-state index contributed by atoms with van der Waals surface area (Å²) >= 11 is 1.74. The van der Waals surface area contributed by atoms with E-state index in [1.807, 2.05) is 42.6 Å². The van der Waals surface area contributed by atoms with Gasteiger partial charge in [-0.25, -0.2) is 0 Å². The summed E-state index contributed by atoms with van der Waals surface area (Å²) in [4.78, 5) is 17.9. The van der Waals surface area contributed by atoms with E-state index in [2.05, 4.69) is 21.3 Å². The van der Waals surface area contributed by atoms with Crippen LogP contribution in [-0.4, -0.2) is 39.9 Å². The van der Waals surface area contributed by atoms with E-state index in [1.165, 1.54) is 5.69 Å². The maximum atomic E-state index is 12.3. The molecule has 1 amide bonds. The van der Waals surface area contributed by atoms with Gasteiger partial charge in [0.25, 0.3) is 0 Å². The molecule has 1 saturated heterocycles. The molecule has 1 fully saturated rings. The van der Waals surface area contributed by atoms with E-state index >= 15 is 0 Å². The van der Waals surface area contributed by atoms with E-state index in [4.69, 9.17) is 0 Å². The lowest BCUT2D eigenvalue weighted by molar-refractivity contribution is -0.116. The number of aromatic amines is 1.